The summed E-state index contributed by atoms with van der Waals surface area (Å²) in [6.07, 6.45) is 10.8. The molecule has 0 unspecified atom stereocenters. The number of ether oxygens (including phenoxy) is 1. The highest BCUT2D eigenvalue weighted by molar-refractivity contribution is 5.57. The van der Waals surface area contributed by atoms with Crippen molar-refractivity contribution in [3.8, 4) is 5.75 Å². The summed E-state index contributed by atoms with van der Waals surface area (Å²) in [5, 5.41) is 12.0. The van der Waals surface area contributed by atoms with Crippen LogP contribution in [0.15, 0.2) is 58.8 Å². The largest absolute Gasteiger partial charge is 0.494 e. The molecule has 0 bridgehead atoms. The molecule has 6 nitrogen and oxygen atoms in total. The molecule has 2 aromatic carbocycles. The summed E-state index contributed by atoms with van der Waals surface area (Å²) in [7, 11) is 0. The molecular formula is C27H40N4O2. The Bertz CT molecular complexity index is 791. The number of hydrogen-bond acceptors (Lipinski definition) is 6. The van der Waals surface area contributed by atoms with Crippen molar-refractivity contribution in [2.24, 2.45) is 16.0 Å². The highest BCUT2D eigenvalue weighted by Crippen LogP contribution is 2.22. The number of nitrogens with zero attached hydrogens (tertiary/aromatic N) is 2. The fourth-order valence-corrected chi connectivity index (χ4v) is 3.48. The first-order chi connectivity index (χ1) is 16.2. The van der Waals surface area contributed by atoms with Crippen LogP contribution in [0.25, 0.3) is 0 Å². The van der Waals surface area contributed by atoms with E-state index in [0.717, 1.165) is 68.7 Å². The summed E-state index contributed by atoms with van der Waals surface area (Å²) in [6.45, 7) is 4.42. The first-order valence-electron chi connectivity index (χ1n) is 12.4. The number of benzene rings is 2. The number of hydrogen-bond donors (Lipinski definition) is 2. The average molecular weight is 453 g/mol. The minimum atomic E-state index is -0.0905. The van der Waals surface area contributed by atoms with Crippen molar-refractivity contribution in [2.45, 2.75) is 70.8 Å². The molecule has 0 aliphatic carbocycles. The maximum atomic E-state index is 11.2. The van der Waals surface area contributed by atoms with Gasteiger partial charge in [-0.3, -0.25) is 0 Å². The van der Waals surface area contributed by atoms with Crippen LogP contribution >= 0.6 is 0 Å². The van der Waals surface area contributed by atoms with E-state index >= 15 is 0 Å². The van der Waals surface area contributed by atoms with E-state index in [1.54, 1.807) is 0 Å². The third-order valence-electron chi connectivity index (χ3n) is 5.52. The van der Waals surface area contributed by atoms with E-state index < -0.39 is 0 Å². The van der Waals surface area contributed by atoms with Gasteiger partial charge < -0.3 is 20.6 Å². The van der Waals surface area contributed by atoms with Crippen LogP contribution in [0, 0.1) is 0 Å². The quantitative estimate of drug-likeness (QED) is 0.158. The zero-order chi connectivity index (χ0) is 23.6. The van der Waals surface area contributed by atoms with Crippen LogP contribution in [0.3, 0.4) is 0 Å². The maximum Gasteiger partial charge on any atom is 0.136 e. The molecule has 0 aliphatic rings. The molecule has 0 aromatic heterocycles. The predicted octanol–water partition coefficient (Wildman–Crippen LogP) is 6.28. The van der Waals surface area contributed by atoms with E-state index in [0.29, 0.717) is 6.54 Å². The lowest BCUT2D eigenvalue weighted by Gasteiger charge is -2.12. The first-order valence-corrected chi connectivity index (χ1v) is 12.4. The lowest BCUT2D eigenvalue weighted by Crippen LogP contribution is -2.32. The zero-order valence-corrected chi connectivity index (χ0v) is 20.0. The molecule has 180 valence electrons. The predicted molar refractivity (Wildman–Crippen MR) is 136 cm³/mol. The van der Waals surface area contributed by atoms with Crippen molar-refractivity contribution in [3.63, 3.8) is 0 Å². The van der Waals surface area contributed by atoms with Crippen LogP contribution in [0.4, 0.5) is 11.4 Å². The van der Waals surface area contributed by atoms with E-state index in [4.69, 9.17) is 10.5 Å². The van der Waals surface area contributed by atoms with Gasteiger partial charge in [0.1, 0.15) is 12.0 Å². The summed E-state index contributed by atoms with van der Waals surface area (Å²) in [5.74, 6) is 0.874. The lowest BCUT2D eigenvalue weighted by molar-refractivity contribution is -0.109. The summed E-state index contributed by atoms with van der Waals surface area (Å²) in [6, 6.07) is 15.7. The standard InChI is InChI=1S/C27H40N4O2/c1-2-3-4-5-8-21-33-27-16-14-25(15-17-27)31-30-24-12-10-23(11-13-24)18-20-29-26(22-32)9-6-7-19-28/h10-17,22,26,29H,2-9,18-21,28H2,1H3/t26-/m0/s1. The molecule has 0 spiro atoms. The van der Waals surface area contributed by atoms with Crippen molar-refractivity contribution in [3.05, 3.63) is 54.1 Å². The van der Waals surface area contributed by atoms with Gasteiger partial charge in [-0.2, -0.15) is 10.2 Å². The second-order valence-electron chi connectivity index (χ2n) is 8.35. The van der Waals surface area contributed by atoms with Gasteiger partial charge in [-0.05, 0) is 80.7 Å². The Kier molecular flexibility index (Phi) is 13.7. The van der Waals surface area contributed by atoms with Crippen LogP contribution in [-0.2, 0) is 11.2 Å². The second kappa shape index (κ2) is 17.0. The first kappa shape index (κ1) is 26.7. The van der Waals surface area contributed by atoms with E-state index in [9.17, 15) is 4.79 Å². The molecule has 2 rings (SSSR count). The Labute approximate surface area is 199 Å². The molecular weight excluding hydrogens is 412 g/mol. The van der Waals surface area contributed by atoms with E-state index in [1.807, 2.05) is 36.4 Å². The van der Waals surface area contributed by atoms with Crippen LogP contribution < -0.4 is 15.8 Å². The van der Waals surface area contributed by atoms with Gasteiger partial charge in [-0.25, -0.2) is 0 Å². The second-order valence-corrected chi connectivity index (χ2v) is 8.35. The van der Waals surface area contributed by atoms with Gasteiger partial charge in [-0.15, -0.1) is 0 Å². The average Bonchev–Trinajstić information content (AvgIpc) is 2.85. The molecule has 0 saturated heterocycles. The molecule has 0 radical (unpaired) electrons. The number of unbranched alkanes of at least 4 members (excludes halogenated alkanes) is 5. The lowest BCUT2D eigenvalue weighted by atomic mass is 10.1. The van der Waals surface area contributed by atoms with Crippen LogP contribution in [-0.4, -0.2) is 32.0 Å². The van der Waals surface area contributed by atoms with Gasteiger partial charge in [0.2, 0.25) is 0 Å². The summed E-state index contributed by atoms with van der Waals surface area (Å²) in [5.41, 5.74) is 8.32. The topological polar surface area (TPSA) is 89.1 Å². The van der Waals surface area contributed by atoms with Gasteiger partial charge >= 0.3 is 0 Å². The number of nitrogens with one attached hydrogen (secondary N) is 1. The summed E-state index contributed by atoms with van der Waals surface area (Å²) >= 11 is 0. The Hall–Kier alpha value is -2.57. The SMILES string of the molecule is CCCCCCCOc1ccc(N=Nc2ccc(CCN[C@H](C=O)CCCCN)cc2)cc1. The minimum Gasteiger partial charge on any atom is -0.494 e. The molecule has 0 fully saturated rings. The van der Waals surface area contributed by atoms with Crippen molar-refractivity contribution in [1.29, 1.82) is 0 Å². The fourth-order valence-electron chi connectivity index (χ4n) is 3.48. The fraction of sp³-hybridized carbons (Fsp3) is 0.519. The number of nitrogens with two attached hydrogens (primary N) is 1. The molecule has 6 heteroatoms. The van der Waals surface area contributed by atoms with Gasteiger partial charge in [0, 0.05) is 0 Å². The molecule has 0 amide bonds. The highest BCUT2D eigenvalue weighted by atomic mass is 16.5. The highest BCUT2D eigenvalue weighted by Gasteiger charge is 2.05. The van der Waals surface area contributed by atoms with Crippen LogP contribution in [0.1, 0.15) is 63.9 Å². The Morgan fingerprint density at radius 2 is 1.58 bits per heavy atom. The number of carbonyl (C=O) groups excluding carboxylic acids is 1. The van der Waals surface area contributed by atoms with Crippen molar-refractivity contribution in [2.75, 3.05) is 19.7 Å². The minimum absolute atomic E-state index is 0.0905. The third-order valence-corrected chi connectivity index (χ3v) is 5.52. The van der Waals surface area contributed by atoms with Crippen LogP contribution in [0.2, 0.25) is 0 Å². The summed E-state index contributed by atoms with van der Waals surface area (Å²) in [4.78, 5) is 11.2. The number of aldehydes is 1. The number of carbonyl (C=O) groups is 1. The normalized spacial score (nSPS) is 12.2. The van der Waals surface area contributed by atoms with Gasteiger partial charge in [0.05, 0.1) is 24.0 Å². The van der Waals surface area contributed by atoms with E-state index in [1.165, 1.54) is 31.2 Å². The Morgan fingerprint density at radius 1 is 0.909 bits per heavy atom. The zero-order valence-electron chi connectivity index (χ0n) is 20.0. The molecule has 0 heterocycles. The molecule has 0 aliphatic heterocycles. The summed E-state index contributed by atoms with van der Waals surface area (Å²) < 4.78 is 5.79. The molecule has 1 atom stereocenters. The van der Waals surface area contributed by atoms with Gasteiger partial charge in [0.25, 0.3) is 0 Å². The van der Waals surface area contributed by atoms with Gasteiger partial charge in [-0.1, -0.05) is 51.2 Å². The van der Waals surface area contributed by atoms with Gasteiger partial charge in [0.15, 0.2) is 0 Å². The van der Waals surface area contributed by atoms with E-state index in [2.05, 4.69) is 34.6 Å². The molecule has 2 aromatic rings. The monoisotopic (exact) mass is 452 g/mol. The number of rotatable bonds is 18. The van der Waals surface area contributed by atoms with Crippen molar-refractivity contribution >= 4 is 17.7 Å². The van der Waals surface area contributed by atoms with E-state index in [-0.39, 0.29) is 6.04 Å². The van der Waals surface area contributed by atoms with Crippen molar-refractivity contribution in [1.82, 2.24) is 5.32 Å². The van der Waals surface area contributed by atoms with Crippen molar-refractivity contribution < 1.29 is 9.53 Å². The maximum absolute atomic E-state index is 11.2. The van der Waals surface area contributed by atoms with Crippen LogP contribution in [0.5, 0.6) is 5.75 Å². The molecule has 0 saturated carbocycles. The smallest absolute Gasteiger partial charge is 0.136 e. The third kappa shape index (κ3) is 11.7. The number of azo groups is 1. The molecule has 33 heavy (non-hydrogen) atoms. The Balaban J connectivity index is 1.70. The Morgan fingerprint density at radius 3 is 2.21 bits per heavy atom. The molecule has 3 N–H and O–H groups in total.